The first-order valence-electron chi connectivity index (χ1n) is 12.0. The zero-order chi connectivity index (χ0) is 23.6. The molecule has 1 atom stereocenters. The highest BCUT2D eigenvalue weighted by atomic mass is 16.5. The molecule has 0 saturated carbocycles. The van der Waals surface area contributed by atoms with Gasteiger partial charge in [-0.3, -0.25) is 4.79 Å². The summed E-state index contributed by atoms with van der Waals surface area (Å²) in [5.41, 5.74) is 1.96. The summed E-state index contributed by atoms with van der Waals surface area (Å²) in [7, 11) is 3.28. The van der Waals surface area contributed by atoms with Crippen molar-refractivity contribution in [3.63, 3.8) is 0 Å². The monoisotopic (exact) mass is 454 g/mol. The van der Waals surface area contributed by atoms with Gasteiger partial charge in [-0.2, -0.15) is 0 Å². The first-order valence-corrected chi connectivity index (χ1v) is 12.0. The maximum atomic E-state index is 14.1. The fourth-order valence-electron chi connectivity index (χ4n) is 4.74. The van der Waals surface area contributed by atoms with Crippen LogP contribution in [0.15, 0.2) is 42.5 Å². The highest BCUT2D eigenvalue weighted by molar-refractivity contribution is 5.84. The molecule has 1 amide bonds. The van der Waals surface area contributed by atoms with Crippen LogP contribution in [0.4, 0.5) is 0 Å². The van der Waals surface area contributed by atoms with Gasteiger partial charge in [-0.05, 0) is 50.8 Å². The molecule has 6 nitrogen and oxygen atoms in total. The molecule has 1 aliphatic heterocycles. The summed E-state index contributed by atoms with van der Waals surface area (Å²) in [4.78, 5) is 16.1. The zero-order valence-corrected chi connectivity index (χ0v) is 20.4. The predicted molar refractivity (Wildman–Crippen MR) is 131 cm³/mol. The van der Waals surface area contributed by atoms with Gasteiger partial charge >= 0.3 is 0 Å². The maximum Gasteiger partial charge on any atom is 0.230 e. The van der Waals surface area contributed by atoms with Gasteiger partial charge in [-0.25, -0.2) is 0 Å². The van der Waals surface area contributed by atoms with Crippen LogP contribution in [0.2, 0.25) is 0 Å². The van der Waals surface area contributed by atoms with E-state index in [1.165, 1.54) is 0 Å². The van der Waals surface area contributed by atoms with Crippen LogP contribution in [-0.2, 0) is 11.3 Å². The number of carbonyl (C=O) groups excluding carboxylic acids is 1. The molecular weight excluding hydrogens is 416 g/mol. The molecule has 6 heteroatoms. The molecule has 1 fully saturated rings. The number of nitrogens with one attached hydrogen (secondary N) is 1. The average molecular weight is 455 g/mol. The molecule has 0 aliphatic carbocycles. The standard InChI is InChI=1S/C27H38N2O4/c1-5-16-29(19-23-24(31-3)17-22(33-6-2)18-25(23)32-4)27(30)26(20-10-8-7-9-11-20)21-12-14-28-15-13-21/h7-11,17-18,21,26,28H,5-6,12-16,19H2,1-4H3. The van der Waals surface area contributed by atoms with E-state index in [2.05, 4.69) is 24.4 Å². The molecule has 33 heavy (non-hydrogen) atoms. The third-order valence-corrected chi connectivity index (χ3v) is 6.33. The second-order valence-corrected chi connectivity index (χ2v) is 8.47. The van der Waals surface area contributed by atoms with E-state index in [0.717, 1.165) is 43.5 Å². The number of amides is 1. The van der Waals surface area contributed by atoms with Crippen LogP contribution in [0, 0.1) is 5.92 Å². The minimum atomic E-state index is -0.153. The van der Waals surface area contributed by atoms with Crippen LogP contribution in [0.3, 0.4) is 0 Å². The lowest BCUT2D eigenvalue weighted by molar-refractivity contribution is -0.135. The van der Waals surface area contributed by atoms with E-state index < -0.39 is 0 Å². The summed E-state index contributed by atoms with van der Waals surface area (Å²) in [5.74, 6) is 2.38. The Morgan fingerprint density at radius 1 is 1.06 bits per heavy atom. The van der Waals surface area contributed by atoms with Crippen molar-refractivity contribution < 1.29 is 19.0 Å². The van der Waals surface area contributed by atoms with Crippen LogP contribution in [-0.4, -0.2) is 51.3 Å². The third-order valence-electron chi connectivity index (χ3n) is 6.33. The number of piperidine rings is 1. The highest BCUT2D eigenvalue weighted by Crippen LogP contribution is 2.37. The van der Waals surface area contributed by atoms with Crippen molar-refractivity contribution in [2.45, 2.75) is 45.6 Å². The number of nitrogens with zero attached hydrogens (tertiary/aromatic N) is 1. The van der Waals surface area contributed by atoms with Crippen LogP contribution in [0.1, 0.15) is 50.2 Å². The Hall–Kier alpha value is -2.73. The molecule has 0 aromatic heterocycles. The van der Waals surface area contributed by atoms with E-state index in [4.69, 9.17) is 14.2 Å². The number of rotatable bonds is 11. The van der Waals surface area contributed by atoms with Gasteiger partial charge in [0.2, 0.25) is 5.91 Å². The van der Waals surface area contributed by atoms with Gasteiger partial charge in [0.1, 0.15) is 17.2 Å². The molecule has 0 bridgehead atoms. The molecule has 0 spiro atoms. The van der Waals surface area contributed by atoms with Gasteiger partial charge < -0.3 is 24.4 Å². The molecule has 1 saturated heterocycles. The Labute approximate surface area is 198 Å². The number of hydrogen-bond donors (Lipinski definition) is 1. The summed E-state index contributed by atoms with van der Waals surface area (Å²) in [6.07, 6.45) is 2.88. The molecule has 3 rings (SSSR count). The fraction of sp³-hybridized carbons (Fsp3) is 0.519. The summed E-state index contributed by atoms with van der Waals surface area (Å²) >= 11 is 0. The van der Waals surface area contributed by atoms with Gasteiger partial charge in [-0.1, -0.05) is 37.3 Å². The van der Waals surface area contributed by atoms with Gasteiger partial charge in [0.05, 0.1) is 38.9 Å². The van der Waals surface area contributed by atoms with Crippen molar-refractivity contribution in [1.82, 2.24) is 10.2 Å². The first-order chi connectivity index (χ1) is 16.1. The Balaban J connectivity index is 1.96. The third kappa shape index (κ3) is 6.20. The van der Waals surface area contributed by atoms with Crippen molar-refractivity contribution >= 4 is 5.91 Å². The number of ether oxygens (including phenoxy) is 3. The smallest absolute Gasteiger partial charge is 0.230 e. The predicted octanol–water partition coefficient (Wildman–Crippen LogP) is 4.62. The fourth-order valence-corrected chi connectivity index (χ4v) is 4.74. The van der Waals surface area contributed by atoms with Crippen molar-refractivity contribution in [3.8, 4) is 17.2 Å². The Morgan fingerprint density at radius 3 is 2.24 bits per heavy atom. The van der Waals surface area contributed by atoms with E-state index in [1.807, 2.05) is 42.2 Å². The van der Waals surface area contributed by atoms with E-state index in [9.17, 15) is 4.79 Å². The summed E-state index contributed by atoms with van der Waals surface area (Å²) in [6, 6.07) is 14.0. The van der Waals surface area contributed by atoms with Crippen molar-refractivity contribution in [2.24, 2.45) is 5.92 Å². The number of methoxy groups -OCH3 is 2. The molecule has 1 heterocycles. The quantitative estimate of drug-likeness (QED) is 0.537. The molecule has 0 radical (unpaired) electrons. The highest BCUT2D eigenvalue weighted by Gasteiger charge is 2.34. The van der Waals surface area contributed by atoms with Crippen molar-refractivity contribution in [2.75, 3.05) is 40.5 Å². The molecule has 2 aromatic rings. The minimum Gasteiger partial charge on any atom is -0.496 e. The molecule has 180 valence electrons. The minimum absolute atomic E-state index is 0.153. The molecule has 1 unspecified atom stereocenters. The molecule has 2 aromatic carbocycles. The van der Waals surface area contributed by atoms with Crippen LogP contribution in [0.5, 0.6) is 17.2 Å². The van der Waals surface area contributed by atoms with Crippen LogP contribution < -0.4 is 19.5 Å². The summed E-state index contributed by atoms with van der Waals surface area (Å²) in [6.45, 7) is 7.62. The molecule has 1 aliphatic rings. The Kier molecular flexibility index (Phi) is 9.43. The van der Waals surface area contributed by atoms with E-state index in [1.54, 1.807) is 14.2 Å². The van der Waals surface area contributed by atoms with E-state index >= 15 is 0 Å². The van der Waals surface area contributed by atoms with E-state index in [0.29, 0.717) is 42.9 Å². The number of hydrogen-bond acceptors (Lipinski definition) is 5. The lowest BCUT2D eigenvalue weighted by Crippen LogP contribution is -2.41. The van der Waals surface area contributed by atoms with Crippen molar-refractivity contribution in [3.05, 3.63) is 53.6 Å². The van der Waals surface area contributed by atoms with Gasteiger partial charge in [0.25, 0.3) is 0 Å². The van der Waals surface area contributed by atoms with Gasteiger partial charge in [0, 0.05) is 18.7 Å². The number of carbonyl (C=O) groups is 1. The van der Waals surface area contributed by atoms with E-state index in [-0.39, 0.29) is 11.8 Å². The second kappa shape index (κ2) is 12.5. The van der Waals surface area contributed by atoms with Crippen molar-refractivity contribution in [1.29, 1.82) is 0 Å². The number of benzene rings is 2. The maximum absolute atomic E-state index is 14.1. The first kappa shape index (κ1) is 24.9. The zero-order valence-electron chi connectivity index (χ0n) is 20.4. The molecular formula is C27H38N2O4. The SMILES string of the molecule is CCCN(Cc1c(OC)cc(OCC)cc1OC)C(=O)C(c1ccccc1)C1CCNCC1. The summed E-state index contributed by atoms with van der Waals surface area (Å²) in [5, 5.41) is 3.43. The average Bonchev–Trinajstić information content (AvgIpc) is 2.85. The second-order valence-electron chi connectivity index (χ2n) is 8.47. The topological polar surface area (TPSA) is 60.0 Å². The summed E-state index contributed by atoms with van der Waals surface area (Å²) < 4.78 is 17.1. The Bertz CT molecular complexity index is 856. The normalized spacial score (nSPS) is 15.0. The lowest BCUT2D eigenvalue weighted by atomic mass is 9.79. The van der Waals surface area contributed by atoms with Crippen LogP contribution >= 0.6 is 0 Å². The lowest BCUT2D eigenvalue weighted by Gasteiger charge is -2.35. The van der Waals surface area contributed by atoms with Gasteiger partial charge in [-0.15, -0.1) is 0 Å². The van der Waals surface area contributed by atoms with Crippen LogP contribution in [0.25, 0.3) is 0 Å². The largest absolute Gasteiger partial charge is 0.496 e. The van der Waals surface area contributed by atoms with Gasteiger partial charge in [0.15, 0.2) is 0 Å². The Morgan fingerprint density at radius 2 is 1.70 bits per heavy atom. The molecule has 1 N–H and O–H groups in total.